The van der Waals surface area contributed by atoms with Gasteiger partial charge in [0.15, 0.2) is 0 Å². The molecule has 1 saturated heterocycles. The van der Waals surface area contributed by atoms with Crippen molar-refractivity contribution in [1.29, 1.82) is 0 Å². The van der Waals surface area contributed by atoms with E-state index in [0.29, 0.717) is 30.7 Å². The normalized spacial score (nSPS) is 16.0. The molecular weight excluding hydrogens is 316 g/mol. The van der Waals surface area contributed by atoms with Crippen molar-refractivity contribution in [2.45, 2.75) is 38.5 Å². The fourth-order valence-corrected chi connectivity index (χ4v) is 3.44. The predicted octanol–water partition coefficient (Wildman–Crippen LogP) is 3.69. The SMILES string of the molecule is CC(C)c1cc(C2CCN(C(=O)c3onc4ccccc34)CC2)[nH]n1. The average molecular weight is 338 g/mol. The molecule has 0 bridgehead atoms. The largest absolute Gasteiger partial charge is 0.350 e. The first-order valence-corrected chi connectivity index (χ1v) is 8.82. The Morgan fingerprint density at radius 1 is 1.28 bits per heavy atom. The maximum atomic E-state index is 12.8. The van der Waals surface area contributed by atoms with Gasteiger partial charge in [-0.2, -0.15) is 5.10 Å². The molecule has 3 aromatic rings. The summed E-state index contributed by atoms with van der Waals surface area (Å²) in [6.07, 6.45) is 1.86. The number of hydrogen-bond acceptors (Lipinski definition) is 4. The van der Waals surface area contributed by atoms with Crippen LogP contribution in [0.1, 0.15) is 60.5 Å². The van der Waals surface area contributed by atoms with Gasteiger partial charge in [0.2, 0.25) is 5.76 Å². The molecule has 6 heteroatoms. The van der Waals surface area contributed by atoms with Crippen molar-refractivity contribution in [3.05, 3.63) is 47.5 Å². The topological polar surface area (TPSA) is 75.0 Å². The van der Waals surface area contributed by atoms with Crippen molar-refractivity contribution in [2.24, 2.45) is 0 Å². The van der Waals surface area contributed by atoms with E-state index in [-0.39, 0.29) is 5.91 Å². The van der Waals surface area contributed by atoms with Crippen LogP contribution in [0.5, 0.6) is 0 Å². The number of carbonyl (C=O) groups is 1. The minimum Gasteiger partial charge on any atom is -0.350 e. The van der Waals surface area contributed by atoms with E-state index in [1.807, 2.05) is 29.2 Å². The fourth-order valence-electron chi connectivity index (χ4n) is 3.44. The van der Waals surface area contributed by atoms with Crippen LogP contribution in [-0.2, 0) is 0 Å². The number of rotatable bonds is 3. The highest BCUT2D eigenvalue weighted by molar-refractivity contribution is 6.03. The maximum absolute atomic E-state index is 12.8. The first kappa shape index (κ1) is 15.9. The monoisotopic (exact) mass is 338 g/mol. The second-order valence-corrected chi connectivity index (χ2v) is 7.00. The zero-order valence-electron chi connectivity index (χ0n) is 14.5. The van der Waals surface area contributed by atoms with Crippen LogP contribution in [0, 0.1) is 0 Å². The van der Waals surface area contributed by atoms with Gasteiger partial charge >= 0.3 is 0 Å². The van der Waals surface area contributed by atoms with E-state index in [1.54, 1.807) is 0 Å². The molecule has 1 aromatic carbocycles. The van der Waals surface area contributed by atoms with Gasteiger partial charge in [0.05, 0.1) is 11.1 Å². The van der Waals surface area contributed by atoms with Gasteiger partial charge in [-0.1, -0.05) is 31.1 Å². The second-order valence-electron chi connectivity index (χ2n) is 7.00. The molecule has 1 amide bonds. The molecular formula is C19H22N4O2. The Morgan fingerprint density at radius 2 is 2.04 bits per heavy atom. The van der Waals surface area contributed by atoms with Crippen molar-refractivity contribution >= 4 is 16.8 Å². The zero-order valence-corrected chi connectivity index (χ0v) is 14.5. The summed E-state index contributed by atoms with van der Waals surface area (Å²) in [4.78, 5) is 14.6. The molecule has 0 spiro atoms. The van der Waals surface area contributed by atoms with Crippen LogP contribution >= 0.6 is 0 Å². The highest BCUT2D eigenvalue weighted by Gasteiger charge is 2.28. The van der Waals surface area contributed by atoms with E-state index < -0.39 is 0 Å². The van der Waals surface area contributed by atoms with Crippen molar-refractivity contribution in [3.8, 4) is 0 Å². The smallest absolute Gasteiger partial charge is 0.293 e. The van der Waals surface area contributed by atoms with E-state index in [1.165, 1.54) is 5.69 Å². The molecule has 2 aromatic heterocycles. The maximum Gasteiger partial charge on any atom is 0.293 e. The number of carbonyl (C=O) groups excluding carboxylic acids is 1. The van der Waals surface area contributed by atoms with E-state index in [9.17, 15) is 4.79 Å². The third-order valence-corrected chi connectivity index (χ3v) is 5.01. The van der Waals surface area contributed by atoms with Gasteiger partial charge in [0.25, 0.3) is 5.91 Å². The molecule has 1 fully saturated rings. The summed E-state index contributed by atoms with van der Waals surface area (Å²) in [5, 5.41) is 12.3. The quantitative estimate of drug-likeness (QED) is 0.790. The molecule has 0 saturated carbocycles. The van der Waals surface area contributed by atoms with Gasteiger partial charge < -0.3 is 9.42 Å². The lowest BCUT2D eigenvalue weighted by molar-refractivity contribution is 0.0673. The number of piperidine rings is 1. The van der Waals surface area contributed by atoms with Gasteiger partial charge in [0, 0.05) is 24.7 Å². The Kier molecular flexibility index (Phi) is 4.03. The van der Waals surface area contributed by atoms with E-state index in [0.717, 1.165) is 29.4 Å². The molecule has 0 aliphatic carbocycles. The number of likely N-dealkylation sites (tertiary alicyclic amines) is 1. The van der Waals surface area contributed by atoms with Gasteiger partial charge in [-0.15, -0.1) is 0 Å². The molecule has 1 aliphatic rings. The Balaban J connectivity index is 1.45. The van der Waals surface area contributed by atoms with E-state index in [4.69, 9.17) is 4.52 Å². The average Bonchev–Trinajstić information content (AvgIpc) is 3.29. The molecule has 0 radical (unpaired) electrons. The fraction of sp³-hybridized carbons (Fsp3) is 0.421. The van der Waals surface area contributed by atoms with Crippen molar-refractivity contribution < 1.29 is 9.32 Å². The molecule has 1 N–H and O–H groups in total. The summed E-state index contributed by atoms with van der Waals surface area (Å²) in [6.45, 7) is 5.72. The number of hydrogen-bond donors (Lipinski definition) is 1. The molecule has 4 rings (SSSR count). The number of fused-ring (bicyclic) bond motifs is 1. The molecule has 6 nitrogen and oxygen atoms in total. The minimum atomic E-state index is -0.0698. The Hall–Kier alpha value is -2.63. The molecule has 0 unspecified atom stereocenters. The predicted molar refractivity (Wildman–Crippen MR) is 94.6 cm³/mol. The number of H-pyrrole nitrogens is 1. The summed E-state index contributed by atoms with van der Waals surface area (Å²) >= 11 is 0. The Morgan fingerprint density at radius 3 is 2.76 bits per heavy atom. The van der Waals surface area contributed by atoms with Gasteiger partial charge in [-0.25, -0.2) is 0 Å². The lowest BCUT2D eigenvalue weighted by Crippen LogP contribution is -2.37. The molecule has 25 heavy (non-hydrogen) atoms. The summed E-state index contributed by atoms with van der Waals surface area (Å²) in [6, 6.07) is 9.68. The number of benzene rings is 1. The van der Waals surface area contributed by atoms with E-state index >= 15 is 0 Å². The van der Waals surface area contributed by atoms with Crippen LogP contribution in [0.15, 0.2) is 34.9 Å². The minimum absolute atomic E-state index is 0.0698. The molecule has 130 valence electrons. The first-order chi connectivity index (χ1) is 12.1. The third-order valence-electron chi connectivity index (χ3n) is 5.01. The van der Waals surface area contributed by atoms with Gasteiger partial charge in [0.1, 0.15) is 5.52 Å². The van der Waals surface area contributed by atoms with Crippen LogP contribution in [0.3, 0.4) is 0 Å². The van der Waals surface area contributed by atoms with Crippen LogP contribution < -0.4 is 0 Å². The van der Waals surface area contributed by atoms with Crippen LogP contribution in [0.2, 0.25) is 0 Å². The van der Waals surface area contributed by atoms with Gasteiger partial charge in [-0.3, -0.25) is 9.89 Å². The molecule has 1 aliphatic heterocycles. The summed E-state index contributed by atoms with van der Waals surface area (Å²) in [7, 11) is 0. The van der Waals surface area contributed by atoms with Crippen LogP contribution in [0.25, 0.3) is 10.9 Å². The number of nitrogens with one attached hydrogen (secondary N) is 1. The van der Waals surface area contributed by atoms with Crippen molar-refractivity contribution in [1.82, 2.24) is 20.3 Å². The number of aromatic amines is 1. The second kappa shape index (κ2) is 6.35. The highest BCUT2D eigenvalue weighted by Crippen LogP contribution is 2.29. The first-order valence-electron chi connectivity index (χ1n) is 8.82. The standard InChI is InChI=1S/C19H22N4O2/c1-12(2)16-11-17(21-20-16)13-7-9-23(10-8-13)19(24)18-14-5-3-4-6-15(14)22-25-18/h3-6,11-13H,7-10H2,1-2H3,(H,20,21). The van der Waals surface area contributed by atoms with Crippen molar-refractivity contribution in [2.75, 3.05) is 13.1 Å². The number of amides is 1. The van der Waals surface area contributed by atoms with Crippen molar-refractivity contribution in [3.63, 3.8) is 0 Å². The third kappa shape index (κ3) is 2.92. The Labute approximate surface area is 146 Å². The molecule has 3 heterocycles. The number of nitrogens with zero attached hydrogens (tertiary/aromatic N) is 3. The summed E-state index contributed by atoms with van der Waals surface area (Å²) in [5.41, 5.74) is 3.00. The number of aromatic nitrogens is 3. The summed E-state index contributed by atoms with van der Waals surface area (Å²) < 4.78 is 5.31. The highest BCUT2D eigenvalue weighted by atomic mass is 16.5. The Bertz CT molecular complexity index is 888. The van der Waals surface area contributed by atoms with Crippen LogP contribution in [0.4, 0.5) is 0 Å². The van der Waals surface area contributed by atoms with Crippen LogP contribution in [-0.4, -0.2) is 39.3 Å². The molecule has 0 atom stereocenters. The van der Waals surface area contributed by atoms with E-state index in [2.05, 4.69) is 35.3 Å². The summed E-state index contributed by atoms with van der Waals surface area (Å²) in [5.74, 6) is 1.12. The lowest BCUT2D eigenvalue weighted by Gasteiger charge is -2.30. The lowest BCUT2D eigenvalue weighted by atomic mass is 9.92. The zero-order chi connectivity index (χ0) is 17.4. The van der Waals surface area contributed by atoms with Gasteiger partial charge in [-0.05, 0) is 37.0 Å².